The van der Waals surface area contributed by atoms with Crippen LogP contribution in [0.15, 0.2) is 59.5 Å². The fourth-order valence-corrected chi connectivity index (χ4v) is 4.83. The van der Waals surface area contributed by atoms with E-state index in [1.54, 1.807) is 31.3 Å². The zero-order valence-corrected chi connectivity index (χ0v) is 17.9. The molecule has 2 aromatic carbocycles. The number of rotatable bonds is 7. The fraction of sp³-hybridized carbons (Fsp3) is 0.409. The van der Waals surface area contributed by atoms with Crippen molar-refractivity contribution in [1.82, 2.24) is 9.62 Å². The van der Waals surface area contributed by atoms with Gasteiger partial charge in [-0.05, 0) is 62.2 Å². The highest BCUT2D eigenvalue weighted by molar-refractivity contribution is 7.89. The van der Waals surface area contributed by atoms with Crippen LogP contribution in [0.2, 0.25) is 0 Å². The molecule has 0 bridgehead atoms. The lowest BCUT2D eigenvalue weighted by atomic mass is 10.1. The molecule has 1 fully saturated rings. The molecule has 0 unspecified atom stereocenters. The highest BCUT2D eigenvalue weighted by atomic mass is 32.2. The topological polar surface area (TPSA) is 69.7 Å². The molecule has 1 saturated heterocycles. The molecule has 0 spiro atoms. The molecule has 1 heterocycles. The highest BCUT2D eigenvalue weighted by Crippen LogP contribution is 2.19. The van der Waals surface area contributed by atoms with Crippen LogP contribution >= 0.6 is 0 Å². The van der Waals surface area contributed by atoms with E-state index in [-0.39, 0.29) is 16.8 Å². The summed E-state index contributed by atoms with van der Waals surface area (Å²) in [5, 5.41) is 0. The molecule has 7 heteroatoms. The third kappa shape index (κ3) is 5.88. The second-order valence-electron chi connectivity index (χ2n) is 7.54. The number of nitrogens with one attached hydrogen (secondary N) is 1. The summed E-state index contributed by atoms with van der Waals surface area (Å²) in [7, 11) is -1.90. The molecular formula is C22H29N3O3S. The second kappa shape index (κ2) is 9.52. The van der Waals surface area contributed by atoms with Crippen LogP contribution in [-0.4, -0.2) is 51.9 Å². The lowest BCUT2D eigenvalue weighted by molar-refractivity contribution is -0.116. The molecule has 0 saturated carbocycles. The van der Waals surface area contributed by atoms with Gasteiger partial charge in [-0.3, -0.25) is 4.79 Å². The Kier molecular flexibility index (Phi) is 7.05. The van der Waals surface area contributed by atoms with E-state index < -0.39 is 10.0 Å². The van der Waals surface area contributed by atoms with Crippen LogP contribution in [0.1, 0.15) is 25.3 Å². The normalized spacial score (nSPS) is 15.9. The Labute approximate surface area is 173 Å². The Morgan fingerprint density at radius 1 is 1.07 bits per heavy atom. The Balaban J connectivity index is 1.50. The van der Waals surface area contributed by atoms with E-state index in [2.05, 4.69) is 33.9 Å². The Morgan fingerprint density at radius 2 is 1.69 bits per heavy atom. The maximum Gasteiger partial charge on any atom is 0.240 e. The molecule has 3 rings (SSSR count). The van der Waals surface area contributed by atoms with Gasteiger partial charge in [0.15, 0.2) is 0 Å². The number of likely N-dealkylation sites (tertiary alicyclic amines) is 1. The number of hydrogen-bond acceptors (Lipinski definition) is 4. The number of piperidine rings is 1. The zero-order valence-electron chi connectivity index (χ0n) is 17.0. The van der Waals surface area contributed by atoms with Gasteiger partial charge in [0.05, 0.1) is 4.90 Å². The minimum atomic E-state index is -3.57. The summed E-state index contributed by atoms with van der Waals surface area (Å²) in [4.78, 5) is 15.5. The average Bonchev–Trinajstić information content (AvgIpc) is 2.73. The van der Waals surface area contributed by atoms with Crippen molar-refractivity contribution in [3.05, 3.63) is 60.2 Å². The van der Waals surface area contributed by atoms with Gasteiger partial charge in [-0.15, -0.1) is 0 Å². The smallest absolute Gasteiger partial charge is 0.240 e. The van der Waals surface area contributed by atoms with Crippen molar-refractivity contribution >= 4 is 21.6 Å². The van der Waals surface area contributed by atoms with Gasteiger partial charge in [-0.2, -0.15) is 0 Å². The van der Waals surface area contributed by atoms with Gasteiger partial charge >= 0.3 is 0 Å². The molecule has 2 aromatic rings. The van der Waals surface area contributed by atoms with Crippen LogP contribution in [-0.2, 0) is 21.2 Å². The van der Waals surface area contributed by atoms with Crippen molar-refractivity contribution in [2.24, 2.45) is 0 Å². The predicted octanol–water partition coefficient (Wildman–Crippen LogP) is 2.65. The van der Waals surface area contributed by atoms with Crippen LogP contribution < -0.4 is 9.62 Å². The van der Waals surface area contributed by atoms with Crippen molar-refractivity contribution in [2.45, 2.75) is 37.1 Å². The van der Waals surface area contributed by atoms with Crippen LogP contribution in [0.5, 0.6) is 0 Å². The summed E-state index contributed by atoms with van der Waals surface area (Å²) in [6.45, 7) is 4.25. The zero-order chi connectivity index (χ0) is 20.9. The maximum atomic E-state index is 12.7. The Morgan fingerprint density at radius 3 is 2.28 bits per heavy atom. The van der Waals surface area contributed by atoms with Gasteiger partial charge in [-0.1, -0.05) is 30.3 Å². The largest absolute Gasteiger partial charge is 0.316 e. The van der Waals surface area contributed by atoms with E-state index >= 15 is 0 Å². The summed E-state index contributed by atoms with van der Waals surface area (Å²) >= 11 is 0. The van der Waals surface area contributed by atoms with E-state index in [4.69, 9.17) is 0 Å². The van der Waals surface area contributed by atoms with Gasteiger partial charge in [0.2, 0.25) is 15.9 Å². The number of amides is 1. The van der Waals surface area contributed by atoms with E-state index in [1.165, 1.54) is 17.4 Å². The molecule has 0 atom stereocenters. The summed E-state index contributed by atoms with van der Waals surface area (Å²) in [6.07, 6.45) is 2.62. The van der Waals surface area contributed by atoms with E-state index in [0.29, 0.717) is 5.69 Å². The molecule has 1 N–H and O–H groups in total. The average molecular weight is 416 g/mol. The van der Waals surface area contributed by atoms with Gasteiger partial charge in [0.1, 0.15) is 0 Å². The first-order chi connectivity index (χ1) is 13.8. The van der Waals surface area contributed by atoms with Gasteiger partial charge < -0.3 is 9.80 Å². The molecular weight excluding hydrogens is 386 g/mol. The number of carbonyl (C=O) groups excluding carboxylic acids is 1. The Hall–Kier alpha value is -2.22. The molecule has 0 aliphatic carbocycles. The summed E-state index contributed by atoms with van der Waals surface area (Å²) in [5.74, 6) is -0.0993. The van der Waals surface area contributed by atoms with Crippen molar-refractivity contribution in [3.8, 4) is 0 Å². The molecule has 1 aliphatic rings. The fourth-order valence-electron chi connectivity index (χ4n) is 3.52. The first-order valence-corrected chi connectivity index (χ1v) is 11.5. The number of nitrogens with zero attached hydrogens (tertiary/aromatic N) is 2. The van der Waals surface area contributed by atoms with Crippen molar-refractivity contribution in [2.75, 3.05) is 31.6 Å². The number of sulfonamides is 1. The van der Waals surface area contributed by atoms with Crippen molar-refractivity contribution < 1.29 is 13.2 Å². The summed E-state index contributed by atoms with van der Waals surface area (Å²) in [5.41, 5.74) is 2.00. The van der Waals surface area contributed by atoms with Gasteiger partial charge in [0.25, 0.3) is 0 Å². The quantitative estimate of drug-likeness (QED) is 0.755. The van der Waals surface area contributed by atoms with E-state index in [0.717, 1.165) is 38.9 Å². The van der Waals surface area contributed by atoms with Crippen molar-refractivity contribution in [3.63, 3.8) is 0 Å². The number of benzene rings is 2. The lowest BCUT2D eigenvalue weighted by Crippen LogP contribution is -2.45. The minimum Gasteiger partial charge on any atom is -0.316 e. The first-order valence-electron chi connectivity index (χ1n) is 9.98. The third-order valence-corrected chi connectivity index (χ3v) is 7.01. The number of hydrogen-bond donors (Lipinski definition) is 1. The van der Waals surface area contributed by atoms with Crippen LogP contribution in [0.25, 0.3) is 0 Å². The summed E-state index contributed by atoms with van der Waals surface area (Å²) < 4.78 is 28.2. The number of anilines is 1. The third-order valence-electron chi connectivity index (χ3n) is 5.48. The molecule has 0 aromatic heterocycles. The maximum absolute atomic E-state index is 12.7. The van der Waals surface area contributed by atoms with Crippen LogP contribution in [0.3, 0.4) is 0 Å². The SMILES string of the molecule is CC(=O)N(C)c1ccc(S(=O)(=O)NC2CCN(CCc3ccccc3)CC2)cc1. The molecule has 6 nitrogen and oxygen atoms in total. The standard InChI is InChI=1S/C22H29N3O3S/c1-18(26)24(2)21-8-10-22(11-9-21)29(27,28)23-20-13-16-25(17-14-20)15-12-19-6-4-3-5-7-19/h3-11,20,23H,12-17H2,1-2H3. The van der Waals surface area contributed by atoms with Gasteiger partial charge in [-0.25, -0.2) is 13.1 Å². The Bertz CT molecular complexity index is 906. The molecule has 29 heavy (non-hydrogen) atoms. The van der Waals surface area contributed by atoms with Crippen LogP contribution in [0.4, 0.5) is 5.69 Å². The lowest BCUT2D eigenvalue weighted by Gasteiger charge is -2.32. The van der Waals surface area contributed by atoms with E-state index in [1.807, 2.05) is 6.07 Å². The molecule has 1 amide bonds. The van der Waals surface area contributed by atoms with E-state index in [9.17, 15) is 13.2 Å². The highest BCUT2D eigenvalue weighted by Gasteiger charge is 2.24. The monoisotopic (exact) mass is 415 g/mol. The second-order valence-corrected chi connectivity index (χ2v) is 9.26. The molecule has 1 aliphatic heterocycles. The number of carbonyl (C=O) groups is 1. The predicted molar refractivity (Wildman–Crippen MR) is 115 cm³/mol. The molecule has 0 radical (unpaired) electrons. The van der Waals surface area contributed by atoms with Crippen molar-refractivity contribution in [1.29, 1.82) is 0 Å². The minimum absolute atomic E-state index is 0.0486. The van der Waals surface area contributed by atoms with Gasteiger partial charge in [0, 0.05) is 32.2 Å². The molecule has 156 valence electrons. The first kappa shape index (κ1) is 21.5. The summed E-state index contributed by atoms with van der Waals surface area (Å²) in [6, 6.07) is 16.8. The van der Waals surface area contributed by atoms with Crippen LogP contribution in [0, 0.1) is 0 Å².